The quantitative estimate of drug-likeness (QED) is 0.180. The van der Waals surface area contributed by atoms with Gasteiger partial charge in [-0.3, -0.25) is 0 Å². The molecule has 0 saturated carbocycles. The summed E-state index contributed by atoms with van der Waals surface area (Å²) in [4.78, 5) is 15.3. The van der Waals surface area contributed by atoms with Crippen LogP contribution in [0.4, 0.5) is 0 Å². The number of fused-ring (bicyclic) bond motifs is 7. The largest absolute Gasteiger partial charge is 0.456 e. The van der Waals surface area contributed by atoms with Crippen molar-refractivity contribution in [3.05, 3.63) is 187 Å². The van der Waals surface area contributed by atoms with Gasteiger partial charge < -0.3 is 4.42 Å². The summed E-state index contributed by atoms with van der Waals surface area (Å²) < 4.78 is 6.27. The van der Waals surface area contributed by atoms with Crippen LogP contribution in [-0.4, -0.2) is 15.0 Å². The van der Waals surface area contributed by atoms with Gasteiger partial charge in [0.25, 0.3) is 0 Å². The van der Waals surface area contributed by atoms with Crippen LogP contribution < -0.4 is 0 Å². The predicted molar refractivity (Wildman–Crippen MR) is 220 cm³/mol. The number of benzene rings is 8. The Morgan fingerprint density at radius 2 is 0.852 bits per heavy atom. The molecule has 1 aliphatic carbocycles. The van der Waals surface area contributed by atoms with Crippen molar-refractivity contribution in [3.63, 3.8) is 0 Å². The van der Waals surface area contributed by atoms with Crippen molar-refractivity contribution in [1.29, 1.82) is 0 Å². The lowest BCUT2D eigenvalue weighted by molar-refractivity contribution is 0.669. The first-order chi connectivity index (χ1) is 26.7. The fraction of sp³-hybridized carbons (Fsp3) is 0.0200. The number of furan rings is 1. The van der Waals surface area contributed by atoms with Gasteiger partial charge in [0.2, 0.25) is 0 Å². The van der Waals surface area contributed by atoms with Crippen molar-refractivity contribution in [2.75, 3.05) is 0 Å². The van der Waals surface area contributed by atoms with Gasteiger partial charge in [-0.25, -0.2) is 15.0 Å². The molecule has 0 atom stereocenters. The van der Waals surface area contributed by atoms with Crippen molar-refractivity contribution in [3.8, 4) is 67.5 Å². The first-order valence-electron chi connectivity index (χ1n) is 18.3. The van der Waals surface area contributed by atoms with E-state index < -0.39 is 0 Å². The van der Waals surface area contributed by atoms with Crippen LogP contribution in [0, 0.1) is 0 Å². The van der Waals surface area contributed by atoms with Gasteiger partial charge in [0, 0.05) is 27.5 Å². The minimum Gasteiger partial charge on any atom is -0.456 e. The van der Waals surface area contributed by atoms with E-state index in [-0.39, 0.29) is 0 Å². The van der Waals surface area contributed by atoms with E-state index in [0.29, 0.717) is 17.5 Å². The second-order valence-electron chi connectivity index (χ2n) is 13.9. The van der Waals surface area contributed by atoms with Gasteiger partial charge in [0.15, 0.2) is 17.5 Å². The van der Waals surface area contributed by atoms with Crippen LogP contribution in [0.5, 0.6) is 0 Å². The molecule has 54 heavy (non-hydrogen) atoms. The number of hydrogen-bond donors (Lipinski definition) is 0. The number of para-hydroxylation sites is 1. The van der Waals surface area contributed by atoms with E-state index >= 15 is 0 Å². The topological polar surface area (TPSA) is 51.8 Å². The smallest absolute Gasteiger partial charge is 0.164 e. The third-order valence-electron chi connectivity index (χ3n) is 10.8. The zero-order valence-corrected chi connectivity index (χ0v) is 29.2. The predicted octanol–water partition coefficient (Wildman–Crippen LogP) is 12.8. The highest BCUT2D eigenvalue weighted by Crippen LogP contribution is 2.45. The molecule has 0 fully saturated rings. The lowest BCUT2D eigenvalue weighted by atomic mass is 9.95. The molecular weight excluding hydrogens is 659 g/mol. The van der Waals surface area contributed by atoms with E-state index in [2.05, 4.69) is 152 Å². The maximum absolute atomic E-state index is 6.27. The van der Waals surface area contributed by atoms with E-state index in [1.807, 2.05) is 24.3 Å². The molecule has 252 valence electrons. The zero-order chi connectivity index (χ0) is 35.6. The molecule has 0 spiro atoms. The number of hydrogen-bond acceptors (Lipinski definition) is 4. The van der Waals surface area contributed by atoms with Gasteiger partial charge in [-0.15, -0.1) is 0 Å². The van der Waals surface area contributed by atoms with E-state index in [1.54, 1.807) is 0 Å². The van der Waals surface area contributed by atoms with Crippen LogP contribution in [0.1, 0.15) is 11.1 Å². The Morgan fingerprint density at radius 3 is 1.63 bits per heavy atom. The average molecular weight is 690 g/mol. The molecule has 4 nitrogen and oxygen atoms in total. The molecule has 0 aliphatic heterocycles. The highest BCUT2D eigenvalue weighted by atomic mass is 16.3. The van der Waals surface area contributed by atoms with Crippen molar-refractivity contribution in [1.82, 2.24) is 15.0 Å². The summed E-state index contributed by atoms with van der Waals surface area (Å²) in [5.74, 6) is 1.85. The van der Waals surface area contributed by atoms with Crippen molar-refractivity contribution in [2.45, 2.75) is 6.42 Å². The van der Waals surface area contributed by atoms with Gasteiger partial charge in [-0.2, -0.15) is 0 Å². The summed E-state index contributed by atoms with van der Waals surface area (Å²) in [5.41, 5.74) is 14.8. The second-order valence-corrected chi connectivity index (χ2v) is 13.9. The molecule has 0 unspecified atom stereocenters. The van der Waals surface area contributed by atoms with Gasteiger partial charge in [0.1, 0.15) is 11.2 Å². The Hall–Kier alpha value is -7.17. The minimum atomic E-state index is 0.599. The highest BCUT2D eigenvalue weighted by Gasteiger charge is 2.24. The molecule has 11 rings (SSSR count). The SMILES string of the molecule is c1ccc(-c2cccc3c2Cc2c(-c4ccc(-c5nc(-c6ccc7c(c6)oc6ccccc67)nc(-c6cccc7ccccc67)n5)cc4)cccc2-3)cc1. The molecular formula is C50H31N3O. The van der Waals surface area contributed by atoms with Gasteiger partial charge >= 0.3 is 0 Å². The fourth-order valence-electron chi connectivity index (χ4n) is 8.23. The number of aromatic nitrogens is 3. The molecule has 0 amide bonds. The maximum Gasteiger partial charge on any atom is 0.164 e. The van der Waals surface area contributed by atoms with Gasteiger partial charge in [0.05, 0.1) is 0 Å². The third-order valence-corrected chi connectivity index (χ3v) is 10.8. The zero-order valence-electron chi connectivity index (χ0n) is 29.2. The first kappa shape index (κ1) is 30.5. The monoisotopic (exact) mass is 689 g/mol. The molecule has 0 N–H and O–H groups in total. The Kier molecular flexibility index (Phi) is 6.89. The van der Waals surface area contributed by atoms with Gasteiger partial charge in [-0.05, 0) is 79.9 Å². The molecule has 2 aromatic heterocycles. The molecule has 0 bridgehead atoms. The summed E-state index contributed by atoms with van der Waals surface area (Å²) in [6, 6.07) is 61.8. The Balaban J connectivity index is 1.01. The summed E-state index contributed by atoms with van der Waals surface area (Å²) in [6.07, 6.45) is 0.897. The number of nitrogens with zero attached hydrogens (tertiary/aromatic N) is 3. The van der Waals surface area contributed by atoms with Crippen LogP contribution in [0.3, 0.4) is 0 Å². The average Bonchev–Trinajstić information content (AvgIpc) is 3.82. The van der Waals surface area contributed by atoms with Crippen LogP contribution in [0.2, 0.25) is 0 Å². The van der Waals surface area contributed by atoms with E-state index in [1.165, 1.54) is 44.5 Å². The maximum atomic E-state index is 6.27. The molecule has 0 saturated heterocycles. The fourth-order valence-corrected chi connectivity index (χ4v) is 8.23. The van der Waals surface area contributed by atoms with Gasteiger partial charge in [-0.1, -0.05) is 158 Å². The first-order valence-corrected chi connectivity index (χ1v) is 18.3. The van der Waals surface area contributed by atoms with Crippen molar-refractivity contribution >= 4 is 32.7 Å². The second kappa shape index (κ2) is 12.2. The Morgan fingerprint density at radius 1 is 0.333 bits per heavy atom. The molecule has 2 heterocycles. The molecule has 1 aliphatic rings. The summed E-state index contributed by atoms with van der Waals surface area (Å²) in [7, 11) is 0. The van der Waals surface area contributed by atoms with E-state index in [0.717, 1.165) is 55.8 Å². The molecule has 0 radical (unpaired) electrons. The van der Waals surface area contributed by atoms with E-state index in [9.17, 15) is 0 Å². The van der Waals surface area contributed by atoms with Crippen LogP contribution in [-0.2, 0) is 6.42 Å². The summed E-state index contributed by atoms with van der Waals surface area (Å²) >= 11 is 0. The van der Waals surface area contributed by atoms with Crippen LogP contribution in [0.15, 0.2) is 180 Å². The molecule has 8 aromatic carbocycles. The van der Waals surface area contributed by atoms with Crippen LogP contribution >= 0.6 is 0 Å². The Bertz CT molecular complexity index is 3070. The lowest BCUT2D eigenvalue weighted by Gasteiger charge is -2.12. The summed E-state index contributed by atoms with van der Waals surface area (Å²) in [6.45, 7) is 0. The minimum absolute atomic E-state index is 0.599. The number of rotatable bonds is 5. The normalized spacial score (nSPS) is 12.0. The van der Waals surface area contributed by atoms with Crippen molar-refractivity contribution < 1.29 is 4.42 Å². The summed E-state index contributed by atoms with van der Waals surface area (Å²) in [5, 5.41) is 4.40. The van der Waals surface area contributed by atoms with E-state index in [4.69, 9.17) is 19.4 Å². The third kappa shape index (κ3) is 4.96. The van der Waals surface area contributed by atoms with Crippen LogP contribution in [0.25, 0.3) is 100 Å². The lowest BCUT2D eigenvalue weighted by Crippen LogP contribution is -2.00. The molecule has 4 heteroatoms. The highest BCUT2D eigenvalue weighted by molar-refractivity contribution is 6.06. The molecule has 10 aromatic rings. The Labute approximate surface area is 312 Å². The standard InChI is InChI=1S/C50H31N3O/c1-2-11-31(12-3-1)37-17-9-19-39-40-20-10-18-38(45(40)30-44(37)39)33-23-25-34(26-24-33)48-51-49(35-27-28-42-41-16-6-7-22-46(41)54-47(42)29-35)53-50(52-48)43-21-8-14-32-13-4-5-15-36(32)43/h1-29H,30H2. The van der Waals surface area contributed by atoms with Crippen molar-refractivity contribution in [2.24, 2.45) is 0 Å².